The van der Waals surface area contributed by atoms with Gasteiger partial charge >= 0.3 is 6.09 Å². The summed E-state index contributed by atoms with van der Waals surface area (Å²) in [5, 5.41) is 15.5. The average Bonchev–Trinajstić information content (AvgIpc) is 2.61. The number of thiol groups is 1. The number of terminal acetylenes is 1. The Hall–Kier alpha value is -2.86. The van der Waals surface area contributed by atoms with E-state index in [1.54, 1.807) is 53.7 Å². The zero-order valence-electron chi connectivity index (χ0n) is 18.7. The molecule has 9 heteroatoms. The number of benzene rings is 1. The average molecular weight is 450 g/mol. The van der Waals surface area contributed by atoms with Crippen LogP contribution in [0.1, 0.15) is 53.1 Å². The van der Waals surface area contributed by atoms with Crippen molar-refractivity contribution in [1.29, 1.82) is 0 Å². The first-order valence-corrected chi connectivity index (χ1v) is 10.3. The van der Waals surface area contributed by atoms with Gasteiger partial charge in [0.1, 0.15) is 17.4 Å². The first-order valence-electron chi connectivity index (χ1n) is 9.69. The van der Waals surface area contributed by atoms with Crippen LogP contribution in [-0.2, 0) is 14.3 Å². The number of rotatable bonds is 6. The SMILES string of the molecule is C#CN(C(=O)C(CS)NC(=O)OC(C)(C)C)C(C(=O)NC(C)(C)C)c1ccccc1O. The molecular weight excluding hydrogens is 418 g/mol. The lowest BCUT2D eigenvalue weighted by Crippen LogP contribution is -2.53. The number of phenolic OH excluding ortho intramolecular Hbond substituents is 1. The molecule has 3 N–H and O–H groups in total. The van der Waals surface area contributed by atoms with Crippen LogP contribution in [0.4, 0.5) is 4.79 Å². The molecular formula is C22H31N3O5S. The lowest BCUT2D eigenvalue weighted by atomic mass is 10.0. The standard InChI is InChI=1S/C22H31N3O5S/c1-8-25(19(28)15(13-31)23-20(29)30-22(5,6)7)17(18(27)24-21(2,3)4)14-11-9-10-12-16(14)26/h1,9-12,15,17,26,31H,13H2,2-7H3,(H,23,29)(H,24,27). The molecule has 170 valence electrons. The van der Waals surface area contributed by atoms with Gasteiger partial charge in [-0.2, -0.15) is 12.6 Å². The molecule has 1 aromatic rings. The van der Waals surface area contributed by atoms with Gasteiger partial charge in [0, 0.05) is 22.9 Å². The van der Waals surface area contributed by atoms with Crippen molar-refractivity contribution in [2.45, 2.75) is 64.8 Å². The molecule has 0 bridgehead atoms. The number of nitrogens with zero attached hydrogens (tertiary/aromatic N) is 1. The fourth-order valence-corrected chi connectivity index (χ4v) is 2.87. The summed E-state index contributed by atoms with van der Waals surface area (Å²) in [5.74, 6) is -1.63. The maximum Gasteiger partial charge on any atom is 0.408 e. The Bertz CT molecular complexity index is 852. The molecule has 0 spiro atoms. The minimum absolute atomic E-state index is 0.0926. The number of ether oxygens (including phenoxy) is 1. The number of aromatic hydroxyl groups is 1. The summed E-state index contributed by atoms with van der Waals surface area (Å²) in [4.78, 5) is 39.3. The zero-order chi connectivity index (χ0) is 24.0. The normalized spacial score (nSPS) is 13.4. The summed E-state index contributed by atoms with van der Waals surface area (Å²) in [5.41, 5.74) is -1.25. The minimum atomic E-state index is -1.33. The fourth-order valence-electron chi connectivity index (χ4n) is 2.62. The Morgan fingerprint density at radius 1 is 1.19 bits per heavy atom. The van der Waals surface area contributed by atoms with Gasteiger partial charge in [-0.1, -0.05) is 24.6 Å². The molecule has 0 aliphatic heterocycles. The van der Waals surface area contributed by atoms with E-state index < -0.39 is 41.1 Å². The van der Waals surface area contributed by atoms with Crippen molar-refractivity contribution in [3.63, 3.8) is 0 Å². The number of amides is 3. The van der Waals surface area contributed by atoms with Crippen LogP contribution in [0.3, 0.4) is 0 Å². The molecule has 0 heterocycles. The van der Waals surface area contributed by atoms with Gasteiger partial charge in [-0.3, -0.25) is 14.5 Å². The molecule has 0 aliphatic carbocycles. The number of hydrogen-bond acceptors (Lipinski definition) is 6. The molecule has 2 atom stereocenters. The third-order valence-electron chi connectivity index (χ3n) is 3.78. The first-order chi connectivity index (χ1) is 14.2. The van der Waals surface area contributed by atoms with E-state index in [4.69, 9.17) is 11.2 Å². The summed E-state index contributed by atoms with van der Waals surface area (Å²) in [7, 11) is 0. The number of nitrogens with one attached hydrogen (secondary N) is 2. The zero-order valence-corrected chi connectivity index (χ0v) is 19.6. The second-order valence-electron chi connectivity index (χ2n) is 8.92. The molecule has 1 aromatic carbocycles. The van der Waals surface area contributed by atoms with Gasteiger partial charge in [-0.25, -0.2) is 4.79 Å². The maximum absolute atomic E-state index is 13.2. The predicted octanol–water partition coefficient (Wildman–Crippen LogP) is 2.59. The van der Waals surface area contributed by atoms with Crippen molar-refractivity contribution in [3.8, 4) is 18.2 Å². The second-order valence-corrected chi connectivity index (χ2v) is 9.28. The highest BCUT2D eigenvalue weighted by molar-refractivity contribution is 7.80. The molecule has 0 aromatic heterocycles. The highest BCUT2D eigenvalue weighted by Gasteiger charge is 2.37. The first kappa shape index (κ1) is 26.2. The van der Waals surface area contributed by atoms with E-state index in [9.17, 15) is 19.5 Å². The van der Waals surface area contributed by atoms with Crippen LogP contribution in [0.5, 0.6) is 5.75 Å². The van der Waals surface area contributed by atoms with Crippen molar-refractivity contribution in [2.75, 3.05) is 5.75 Å². The van der Waals surface area contributed by atoms with Crippen LogP contribution < -0.4 is 10.6 Å². The Kier molecular flexibility index (Phi) is 8.82. The molecule has 8 nitrogen and oxygen atoms in total. The second kappa shape index (κ2) is 10.4. The highest BCUT2D eigenvalue weighted by Crippen LogP contribution is 2.29. The van der Waals surface area contributed by atoms with Crippen molar-refractivity contribution in [3.05, 3.63) is 29.8 Å². The summed E-state index contributed by atoms with van der Waals surface area (Å²) >= 11 is 4.13. The Morgan fingerprint density at radius 3 is 2.23 bits per heavy atom. The third kappa shape index (κ3) is 8.06. The van der Waals surface area contributed by atoms with E-state index in [0.717, 1.165) is 4.90 Å². The van der Waals surface area contributed by atoms with Crippen LogP contribution in [0, 0.1) is 12.5 Å². The number of para-hydroxylation sites is 1. The quantitative estimate of drug-likeness (QED) is 0.303. The number of alkyl carbamates (subject to hydrolysis) is 1. The van der Waals surface area contributed by atoms with Crippen LogP contribution in [0.15, 0.2) is 24.3 Å². The lowest BCUT2D eigenvalue weighted by Gasteiger charge is -2.32. The molecule has 31 heavy (non-hydrogen) atoms. The van der Waals surface area contributed by atoms with Crippen molar-refractivity contribution >= 4 is 30.5 Å². The molecule has 0 fully saturated rings. The van der Waals surface area contributed by atoms with Gasteiger partial charge in [0.25, 0.3) is 5.91 Å². The molecule has 3 amide bonds. The Balaban J connectivity index is 3.32. The van der Waals surface area contributed by atoms with Gasteiger partial charge < -0.3 is 20.5 Å². The van der Waals surface area contributed by atoms with Gasteiger partial charge in [-0.05, 0) is 47.6 Å². The maximum atomic E-state index is 13.2. The number of hydrogen-bond donors (Lipinski definition) is 4. The van der Waals surface area contributed by atoms with E-state index in [1.807, 2.05) is 0 Å². The summed E-state index contributed by atoms with van der Waals surface area (Å²) in [6, 6.07) is 5.80. The third-order valence-corrected chi connectivity index (χ3v) is 4.15. The smallest absolute Gasteiger partial charge is 0.408 e. The number of carbonyl (C=O) groups is 3. The van der Waals surface area contributed by atoms with Gasteiger partial charge in [0.05, 0.1) is 0 Å². The van der Waals surface area contributed by atoms with E-state index in [0.29, 0.717) is 0 Å². The van der Waals surface area contributed by atoms with Crippen LogP contribution in [0.25, 0.3) is 0 Å². The number of phenols is 1. The van der Waals surface area contributed by atoms with Crippen LogP contribution in [0.2, 0.25) is 0 Å². The molecule has 0 saturated heterocycles. The molecule has 0 aliphatic rings. The van der Waals surface area contributed by atoms with Gasteiger partial charge in [0.15, 0.2) is 6.04 Å². The van der Waals surface area contributed by atoms with Gasteiger partial charge in [-0.15, -0.1) is 0 Å². The highest BCUT2D eigenvalue weighted by atomic mass is 32.1. The monoisotopic (exact) mass is 449 g/mol. The molecule has 0 radical (unpaired) electrons. The van der Waals surface area contributed by atoms with E-state index in [2.05, 4.69) is 29.3 Å². The fraction of sp³-hybridized carbons (Fsp3) is 0.500. The summed E-state index contributed by atoms with van der Waals surface area (Å²) < 4.78 is 5.19. The molecule has 0 saturated carbocycles. The van der Waals surface area contributed by atoms with E-state index in [-0.39, 0.29) is 17.1 Å². The van der Waals surface area contributed by atoms with Crippen molar-refractivity contribution in [1.82, 2.24) is 15.5 Å². The van der Waals surface area contributed by atoms with Crippen LogP contribution in [-0.4, -0.2) is 50.8 Å². The summed E-state index contributed by atoms with van der Waals surface area (Å²) in [6.45, 7) is 10.4. The minimum Gasteiger partial charge on any atom is -0.508 e. The van der Waals surface area contributed by atoms with Gasteiger partial charge in [0.2, 0.25) is 5.91 Å². The Morgan fingerprint density at radius 2 is 1.77 bits per heavy atom. The van der Waals surface area contributed by atoms with Crippen LogP contribution >= 0.6 is 12.6 Å². The largest absolute Gasteiger partial charge is 0.508 e. The topological polar surface area (TPSA) is 108 Å². The van der Waals surface area contributed by atoms with Crippen molar-refractivity contribution < 1.29 is 24.2 Å². The Labute approximate surface area is 189 Å². The molecule has 1 rings (SSSR count). The van der Waals surface area contributed by atoms with Crippen molar-refractivity contribution in [2.24, 2.45) is 0 Å². The molecule has 2 unspecified atom stereocenters. The number of carbonyl (C=O) groups excluding carboxylic acids is 3. The van der Waals surface area contributed by atoms with E-state index in [1.165, 1.54) is 12.1 Å². The predicted molar refractivity (Wildman–Crippen MR) is 121 cm³/mol. The summed E-state index contributed by atoms with van der Waals surface area (Å²) in [6.07, 6.45) is 4.79. The lowest BCUT2D eigenvalue weighted by molar-refractivity contribution is -0.138. The van der Waals surface area contributed by atoms with E-state index >= 15 is 0 Å².